The van der Waals surface area contributed by atoms with E-state index in [0.29, 0.717) is 11.6 Å². The highest BCUT2D eigenvalue weighted by Crippen LogP contribution is 2.19. The molecule has 0 saturated carbocycles. The Balaban J connectivity index is 2.57. The lowest BCUT2D eigenvalue weighted by molar-refractivity contribution is -0.175. The molecule has 0 aliphatic rings. The molecular formula is C12H15ClF3NO. The number of ether oxygens (including phenoxy) is 1. The zero-order valence-electron chi connectivity index (χ0n) is 9.93. The van der Waals surface area contributed by atoms with E-state index in [2.05, 4.69) is 10.1 Å². The molecule has 102 valence electrons. The van der Waals surface area contributed by atoms with Gasteiger partial charge in [0, 0.05) is 5.02 Å². The molecule has 0 heterocycles. The first kappa shape index (κ1) is 15.3. The standard InChI is InChI=1S/C12H15ClF3NO/c1-2-17-11(7-18-8-12(14,15)16)9-3-5-10(13)6-4-9/h3-6,11,17H,2,7-8H2,1H3. The highest BCUT2D eigenvalue weighted by atomic mass is 35.5. The van der Waals surface area contributed by atoms with E-state index in [0.717, 1.165) is 5.56 Å². The van der Waals surface area contributed by atoms with Crippen LogP contribution in [0, 0.1) is 0 Å². The SMILES string of the molecule is CCNC(COCC(F)(F)F)c1ccc(Cl)cc1. The van der Waals surface area contributed by atoms with Crippen LogP contribution in [-0.4, -0.2) is 25.9 Å². The van der Waals surface area contributed by atoms with Gasteiger partial charge in [-0.25, -0.2) is 0 Å². The topological polar surface area (TPSA) is 21.3 Å². The van der Waals surface area contributed by atoms with Gasteiger partial charge < -0.3 is 10.1 Å². The molecule has 0 spiro atoms. The monoisotopic (exact) mass is 281 g/mol. The lowest BCUT2D eigenvalue weighted by Gasteiger charge is -2.19. The number of nitrogens with one attached hydrogen (secondary N) is 1. The van der Waals surface area contributed by atoms with Crippen LogP contribution >= 0.6 is 11.6 Å². The first-order valence-electron chi connectivity index (χ1n) is 5.55. The van der Waals surface area contributed by atoms with Crippen LogP contribution in [0.4, 0.5) is 13.2 Å². The molecule has 18 heavy (non-hydrogen) atoms. The minimum absolute atomic E-state index is 0.0328. The van der Waals surface area contributed by atoms with Crippen LogP contribution in [-0.2, 0) is 4.74 Å². The van der Waals surface area contributed by atoms with E-state index in [9.17, 15) is 13.2 Å². The highest BCUT2D eigenvalue weighted by Gasteiger charge is 2.28. The van der Waals surface area contributed by atoms with E-state index in [1.54, 1.807) is 24.3 Å². The van der Waals surface area contributed by atoms with Crippen molar-refractivity contribution in [1.29, 1.82) is 0 Å². The molecule has 1 N–H and O–H groups in total. The normalized spacial score (nSPS) is 13.6. The van der Waals surface area contributed by atoms with Crippen molar-refractivity contribution in [2.24, 2.45) is 0 Å². The molecule has 1 aromatic rings. The summed E-state index contributed by atoms with van der Waals surface area (Å²) in [7, 11) is 0. The Bertz CT molecular complexity index is 353. The number of hydrogen-bond acceptors (Lipinski definition) is 2. The number of alkyl halides is 3. The first-order valence-corrected chi connectivity index (χ1v) is 5.93. The van der Waals surface area contributed by atoms with Crippen molar-refractivity contribution in [1.82, 2.24) is 5.32 Å². The summed E-state index contributed by atoms with van der Waals surface area (Å²) >= 11 is 5.76. The summed E-state index contributed by atoms with van der Waals surface area (Å²) < 4.78 is 40.6. The molecule has 0 radical (unpaired) electrons. The largest absolute Gasteiger partial charge is 0.411 e. The minimum Gasteiger partial charge on any atom is -0.370 e. The molecule has 0 amide bonds. The fourth-order valence-electron chi connectivity index (χ4n) is 1.51. The van der Waals surface area contributed by atoms with Gasteiger partial charge in [-0.05, 0) is 24.2 Å². The van der Waals surface area contributed by atoms with Crippen LogP contribution in [0.25, 0.3) is 0 Å². The van der Waals surface area contributed by atoms with Gasteiger partial charge >= 0.3 is 6.18 Å². The quantitative estimate of drug-likeness (QED) is 0.861. The van der Waals surface area contributed by atoms with Gasteiger partial charge in [0.1, 0.15) is 6.61 Å². The predicted octanol–water partition coefficient (Wildman–Crippen LogP) is 3.57. The molecule has 1 aromatic carbocycles. The Morgan fingerprint density at radius 1 is 1.28 bits per heavy atom. The van der Waals surface area contributed by atoms with Gasteiger partial charge in [0.2, 0.25) is 0 Å². The summed E-state index contributed by atoms with van der Waals surface area (Å²) in [4.78, 5) is 0. The summed E-state index contributed by atoms with van der Waals surface area (Å²) in [6, 6.07) is 6.67. The van der Waals surface area contributed by atoms with Gasteiger partial charge in [-0.3, -0.25) is 0 Å². The second kappa shape index (κ2) is 6.97. The van der Waals surface area contributed by atoms with Crippen LogP contribution in [0.5, 0.6) is 0 Å². The third-order valence-corrected chi connectivity index (χ3v) is 2.53. The number of likely N-dealkylation sites (N-methyl/N-ethyl adjacent to an activating group) is 1. The summed E-state index contributed by atoms with van der Waals surface area (Å²) in [5.41, 5.74) is 0.850. The number of rotatable bonds is 6. The van der Waals surface area contributed by atoms with Crippen molar-refractivity contribution in [3.05, 3.63) is 34.9 Å². The average molecular weight is 282 g/mol. The van der Waals surface area contributed by atoms with Gasteiger partial charge in [0.05, 0.1) is 12.6 Å². The van der Waals surface area contributed by atoms with Crippen LogP contribution in [0.1, 0.15) is 18.5 Å². The molecule has 0 aliphatic heterocycles. The van der Waals surface area contributed by atoms with E-state index >= 15 is 0 Å². The molecular weight excluding hydrogens is 267 g/mol. The molecule has 0 saturated heterocycles. The maximum absolute atomic E-state index is 12.0. The van der Waals surface area contributed by atoms with Crippen molar-refractivity contribution >= 4 is 11.6 Å². The Labute approximate surface area is 109 Å². The zero-order chi connectivity index (χ0) is 13.6. The van der Waals surface area contributed by atoms with E-state index in [1.807, 2.05) is 6.92 Å². The molecule has 0 aromatic heterocycles. The molecule has 1 rings (SSSR count). The van der Waals surface area contributed by atoms with Gasteiger partial charge in [-0.2, -0.15) is 13.2 Å². The smallest absolute Gasteiger partial charge is 0.370 e. The van der Waals surface area contributed by atoms with Gasteiger partial charge in [0.25, 0.3) is 0 Å². The van der Waals surface area contributed by atoms with E-state index < -0.39 is 12.8 Å². The first-order chi connectivity index (χ1) is 8.42. The maximum Gasteiger partial charge on any atom is 0.411 e. The van der Waals surface area contributed by atoms with Crippen LogP contribution in [0.15, 0.2) is 24.3 Å². The van der Waals surface area contributed by atoms with E-state index in [1.165, 1.54) is 0 Å². The molecule has 0 aliphatic carbocycles. The highest BCUT2D eigenvalue weighted by molar-refractivity contribution is 6.30. The number of hydrogen-bond donors (Lipinski definition) is 1. The van der Waals surface area contributed by atoms with Crippen molar-refractivity contribution < 1.29 is 17.9 Å². The van der Waals surface area contributed by atoms with Crippen molar-refractivity contribution in [2.45, 2.75) is 19.1 Å². The predicted molar refractivity (Wildman–Crippen MR) is 64.7 cm³/mol. The van der Waals surface area contributed by atoms with Crippen molar-refractivity contribution in [3.63, 3.8) is 0 Å². The second-order valence-electron chi connectivity index (χ2n) is 3.79. The second-order valence-corrected chi connectivity index (χ2v) is 4.23. The van der Waals surface area contributed by atoms with Crippen LogP contribution in [0.2, 0.25) is 5.02 Å². The molecule has 6 heteroatoms. The Hall–Kier alpha value is -0.780. The van der Waals surface area contributed by atoms with Gasteiger partial charge in [0.15, 0.2) is 0 Å². The van der Waals surface area contributed by atoms with Gasteiger partial charge in [-0.15, -0.1) is 0 Å². The summed E-state index contributed by atoms with van der Waals surface area (Å²) in [6.45, 7) is 1.26. The third-order valence-electron chi connectivity index (χ3n) is 2.27. The number of halogens is 4. The van der Waals surface area contributed by atoms with Gasteiger partial charge in [-0.1, -0.05) is 30.7 Å². The van der Waals surface area contributed by atoms with Crippen LogP contribution in [0.3, 0.4) is 0 Å². The summed E-state index contributed by atoms with van der Waals surface area (Å²) in [5.74, 6) is 0. The third kappa shape index (κ3) is 5.71. The van der Waals surface area contributed by atoms with Crippen molar-refractivity contribution in [2.75, 3.05) is 19.8 Å². The molecule has 1 atom stereocenters. The van der Waals surface area contributed by atoms with E-state index in [4.69, 9.17) is 11.6 Å². The summed E-state index contributed by atoms with van der Waals surface area (Å²) in [6.07, 6.45) is -4.29. The maximum atomic E-state index is 12.0. The van der Waals surface area contributed by atoms with Crippen LogP contribution < -0.4 is 5.32 Å². The molecule has 2 nitrogen and oxygen atoms in total. The average Bonchev–Trinajstić information content (AvgIpc) is 2.27. The number of benzene rings is 1. The van der Waals surface area contributed by atoms with E-state index in [-0.39, 0.29) is 12.6 Å². The fraction of sp³-hybridized carbons (Fsp3) is 0.500. The lowest BCUT2D eigenvalue weighted by Crippen LogP contribution is -2.27. The molecule has 0 fully saturated rings. The molecule has 0 bridgehead atoms. The Morgan fingerprint density at radius 3 is 2.39 bits per heavy atom. The fourth-order valence-corrected chi connectivity index (χ4v) is 1.63. The molecule has 1 unspecified atom stereocenters. The summed E-state index contributed by atoms with van der Waals surface area (Å²) in [5, 5.41) is 3.66. The Morgan fingerprint density at radius 2 is 1.89 bits per heavy atom. The zero-order valence-corrected chi connectivity index (χ0v) is 10.7. The van der Waals surface area contributed by atoms with Crippen molar-refractivity contribution in [3.8, 4) is 0 Å². The minimum atomic E-state index is -4.29. The lowest BCUT2D eigenvalue weighted by atomic mass is 10.1. The Kier molecular flexibility index (Phi) is 5.91.